The number of aryl methyl sites for hydroxylation is 2. The molecule has 1 aliphatic heterocycles. The van der Waals surface area contributed by atoms with Crippen molar-refractivity contribution in [3.05, 3.63) is 70.9 Å². The number of rotatable bonds is 7. The lowest BCUT2D eigenvalue weighted by molar-refractivity contribution is 0.0512. The molecule has 0 bridgehead atoms. The molecule has 3 heterocycles. The van der Waals surface area contributed by atoms with Gasteiger partial charge in [0, 0.05) is 30.8 Å². The van der Waals surface area contributed by atoms with Crippen molar-refractivity contribution in [2.75, 3.05) is 20.3 Å². The molecule has 2 aromatic heterocycles. The second-order valence-corrected chi connectivity index (χ2v) is 7.27. The molecule has 0 aliphatic carbocycles. The van der Waals surface area contributed by atoms with E-state index >= 15 is 0 Å². The highest BCUT2D eigenvalue weighted by atomic mass is 16.5. The number of fused-ring (bicyclic) bond motifs is 1. The van der Waals surface area contributed by atoms with Crippen LogP contribution in [0, 0.1) is 0 Å². The highest BCUT2D eigenvalue weighted by Crippen LogP contribution is 2.25. The van der Waals surface area contributed by atoms with Crippen LogP contribution in [0.5, 0.6) is 5.75 Å². The fourth-order valence-corrected chi connectivity index (χ4v) is 3.80. The number of hydrogen-bond donors (Lipinski definition) is 0. The minimum Gasteiger partial charge on any atom is -0.497 e. The van der Waals surface area contributed by atoms with E-state index in [-0.39, 0.29) is 24.0 Å². The van der Waals surface area contributed by atoms with Crippen molar-refractivity contribution in [3.8, 4) is 5.75 Å². The highest BCUT2D eigenvalue weighted by Gasteiger charge is 2.31. The first-order chi connectivity index (χ1) is 15.1. The Morgan fingerprint density at radius 1 is 1.19 bits per heavy atom. The molecule has 8 heteroatoms. The summed E-state index contributed by atoms with van der Waals surface area (Å²) in [5, 5.41) is 4.57. The summed E-state index contributed by atoms with van der Waals surface area (Å²) in [6, 6.07) is 11.2. The summed E-state index contributed by atoms with van der Waals surface area (Å²) in [6.07, 6.45) is 2.84. The van der Waals surface area contributed by atoms with E-state index in [1.54, 1.807) is 31.1 Å². The van der Waals surface area contributed by atoms with Crippen molar-refractivity contribution >= 4 is 11.9 Å². The summed E-state index contributed by atoms with van der Waals surface area (Å²) >= 11 is 0. The van der Waals surface area contributed by atoms with Crippen molar-refractivity contribution in [3.63, 3.8) is 0 Å². The Hall–Kier alpha value is -3.55. The minimum absolute atomic E-state index is 0.198. The second-order valence-electron chi connectivity index (χ2n) is 7.27. The number of ether oxygens (including phenoxy) is 2. The maximum Gasteiger partial charge on any atom is 0.359 e. The van der Waals surface area contributed by atoms with Gasteiger partial charge in [0.25, 0.3) is 5.91 Å². The molecular formula is C23H25N3O5. The first-order valence-corrected chi connectivity index (χ1v) is 10.3. The van der Waals surface area contributed by atoms with E-state index in [2.05, 4.69) is 5.10 Å². The standard InChI is InChI=1S/C23H25N3O5/c1-3-30-23(28)21-18-15-25(22(27)20-5-4-14-31-20)12-11-19(18)26(24-21)13-10-16-6-8-17(29-2)9-7-16/h4-9,14H,3,10-13,15H2,1-2H3. The molecule has 162 valence electrons. The third-order valence-corrected chi connectivity index (χ3v) is 5.39. The Bertz CT molecular complexity index is 1050. The van der Waals surface area contributed by atoms with Gasteiger partial charge in [0.05, 0.1) is 26.5 Å². The van der Waals surface area contributed by atoms with Crippen molar-refractivity contribution in [2.45, 2.75) is 32.9 Å². The van der Waals surface area contributed by atoms with E-state index in [4.69, 9.17) is 13.9 Å². The maximum absolute atomic E-state index is 12.7. The van der Waals surface area contributed by atoms with Crippen LogP contribution in [0.2, 0.25) is 0 Å². The third-order valence-electron chi connectivity index (χ3n) is 5.39. The molecule has 0 radical (unpaired) electrons. The van der Waals surface area contributed by atoms with Gasteiger partial charge in [-0.15, -0.1) is 0 Å². The zero-order valence-corrected chi connectivity index (χ0v) is 17.7. The van der Waals surface area contributed by atoms with Crippen LogP contribution in [0.4, 0.5) is 0 Å². The monoisotopic (exact) mass is 423 g/mol. The van der Waals surface area contributed by atoms with E-state index in [1.807, 2.05) is 28.9 Å². The summed E-state index contributed by atoms with van der Waals surface area (Å²) in [4.78, 5) is 27.0. The summed E-state index contributed by atoms with van der Waals surface area (Å²) < 4.78 is 17.5. The van der Waals surface area contributed by atoms with Gasteiger partial charge in [-0.3, -0.25) is 9.48 Å². The molecule has 1 aromatic carbocycles. The second kappa shape index (κ2) is 9.07. The van der Waals surface area contributed by atoms with E-state index in [0.29, 0.717) is 26.1 Å². The molecule has 0 spiro atoms. The van der Waals surface area contributed by atoms with Gasteiger partial charge in [0.1, 0.15) is 5.75 Å². The highest BCUT2D eigenvalue weighted by molar-refractivity contribution is 5.92. The van der Waals surface area contributed by atoms with E-state index < -0.39 is 5.97 Å². The topological polar surface area (TPSA) is 86.8 Å². The van der Waals surface area contributed by atoms with Crippen LogP contribution in [0.3, 0.4) is 0 Å². The summed E-state index contributed by atoms with van der Waals surface area (Å²) in [5.74, 6) is 0.435. The van der Waals surface area contributed by atoms with Gasteiger partial charge in [-0.1, -0.05) is 12.1 Å². The molecule has 0 atom stereocenters. The fourth-order valence-electron chi connectivity index (χ4n) is 3.80. The average molecular weight is 423 g/mol. The van der Waals surface area contributed by atoms with Gasteiger partial charge in [-0.2, -0.15) is 5.10 Å². The first kappa shape index (κ1) is 20.7. The number of furan rings is 1. The summed E-state index contributed by atoms with van der Waals surface area (Å²) in [6.45, 7) is 3.48. The lowest BCUT2D eigenvalue weighted by Gasteiger charge is -2.27. The maximum atomic E-state index is 12.7. The Morgan fingerprint density at radius 3 is 2.68 bits per heavy atom. The molecule has 31 heavy (non-hydrogen) atoms. The summed E-state index contributed by atoms with van der Waals surface area (Å²) in [7, 11) is 1.64. The summed E-state index contributed by atoms with van der Waals surface area (Å²) in [5.41, 5.74) is 3.15. The van der Waals surface area contributed by atoms with Crippen molar-refractivity contribution in [1.29, 1.82) is 0 Å². The number of nitrogens with zero attached hydrogens (tertiary/aromatic N) is 3. The molecule has 0 N–H and O–H groups in total. The Morgan fingerprint density at radius 2 is 2.00 bits per heavy atom. The Balaban J connectivity index is 1.57. The molecule has 4 rings (SSSR count). The van der Waals surface area contributed by atoms with Crippen molar-refractivity contribution < 1.29 is 23.5 Å². The van der Waals surface area contributed by atoms with Crippen molar-refractivity contribution in [1.82, 2.24) is 14.7 Å². The predicted octanol–water partition coefficient (Wildman–Crippen LogP) is 3.10. The largest absolute Gasteiger partial charge is 0.497 e. The SMILES string of the molecule is CCOC(=O)c1nn(CCc2ccc(OC)cc2)c2c1CN(C(=O)c1ccco1)CC2. The predicted molar refractivity (Wildman–Crippen MR) is 112 cm³/mol. The first-order valence-electron chi connectivity index (χ1n) is 10.3. The number of amides is 1. The number of benzene rings is 1. The minimum atomic E-state index is -0.464. The quantitative estimate of drug-likeness (QED) is 0.543. The third kappa shape index (κ3) is 4.33. The molecular weight excluding hydrogens is 398 g/mol. The molecule has 1 amide bonds. The Labute approximate surface area is 180 Å². The van der Waals surface area contributed by atoms with Crippen molar-refractivity contribution in [2.24, 2.45) is 0 Å². The normalized spacial score (nSPS) is 13.0. The van der Waals surface area contributed by atoms with Gasteiger partial charge in [-0.05, 0) is 43.2 Å². The van der Waals surface area contributed by atoms with Crippen LogP contribution in [0.25, 0.3) is 0 Å². The average Bonchev–Trinajstić information content (AvgIpc) is 3.46. The molecule has 8 nitrogen and oxygen atoms in total. The van der Waals surface area contributed by atoms with Crippen LogP contribution in [-0.4, -0.2) is 46.8 Å². The van der Waals surface area contributed by atoms with Gasteiger partial charge < -0.3 is 18.8 Å². The van der Waals surface area contributed by atoms with Crippen LogP contribution in [-0.2, 0) is 30.7 Å². The van der Waals surface area contributed by atoms with Crippen LogP contribution in [0.1, 0.15) is 44.8 Å². The fraction of sp³-hybridized carbons (Fsp3) is 0.348. The molecule has 0 unspecified atom stereocenters. The van der Waals surface area contributed by atoms with E-state index in [1.165, 1.54) is 6.26 Å². The molecule has 0 saturated carbocycles. The Kier molecular flexibility index (Phi) is 6.06. The number of carbonyl (C=O) groups excluding carboxylic acids is 2. The molecule has 0 saturated heterocycles. The molecule has 3 aromatic rings. The van der Waals surface area contributed by atoms with Gasteiger partial charge in [0.15, 0.2) is 11.5 Å². The van der Waals surface area contributed by atoms with E-state index in [0.717, 1.165) is 29.0 Å². The molecule has 0 fully saturated rings. The number of aromatic nitrogens is 2. The van der Waals surface area contributed by atoms with Gasteiger partial charge in [-0.25, -0.2) is 4.79 Å². The van der Waals surface area contributed by atoms with Gasteiger partial charge in [0.2, 0.25) is 0 Å². The number of hydrogen-bond acceptors (Lipinski definition) is 6. The van der Waals surface area contributed by atoms with Crippen LogP contribution >= 0.6 is 0 Å². The lowest BCUT2D eigenvalue weighted by Crippen LogP contribution is -2.36. The number of carbonyl (C=O) groups is 2. The van der Waals surface area contributed by atoms with Crippen LogP contribution < -0.4 is 4.74 Å². The number of methoxy groups -OCH3 is 1. The number of esters is 1. The van der Waals surface area contributed by atoms with E-state index in [9.17, 15) is 9.59 Å². The molecule has 1 aliphatic rings. The zero-order chi connectivity index (χ0) is 21.8. The zero-order valence-electron chi connectivity index (χ0n) is 17.7. The van der Waals surface area contributed by atoms with Gasteiger partial charge >= 0.3 is 5.97 Å². The lowest BCUT2D eigenvalue weighted by atomic mass is 10.0. The van der Waals surface area contributed by atoms with Crippen LogP contribution in [0.15, 0.2) is 47.1 Å². The smallest absolute Gasteiger partial charge is 0.359 e.